The van der Waals surface area contributed by atoms with Gasteiger partial charge in [-0.1, -0.05) is 18.2 Å². The van der Waals surface area contributed by atoms with Crippen molar-refractivity contribution < 1.29 is 4.74 Å². The Labute approximate surface area is 143 Å². The SMILES string of the molecule is O=c1c(-n2cncn2)cccn1-c1ccc(Oc2ccccc2)cc1. The van der Waals surface area contributed by atoms with Crippen LogP contribution >= 0.6 is 0 Å². The molecule has 0 N–H and O–H groups in total. The van der Waals surface area contributed by atoms with Crippen LogP contribution < -0.4 is 10.3 Å². The number of nitrogens with zero attached hydrogens (tertiary/aromatic N) is 4. The molecule has 4 rings (SSSR count). The van der Waals surface area contributed by atoms with Crippen molar-refractivity contribution in [2.24, 2.45) is 0 Å². The first-order chi connectivity index (χ1) is 12.3. The summed E-state index contributed by atoms with van der Waals surface area (Å²) < 4.78 is 8.78. The first-order valence-corrected chi connectivity index (χ1v) is 7.71. The Morgan fingerprint density at radius 1 is 0.840 bits per heavy atom. The summed E-state index contributed by atoms with van der Waals surface area (Å²) in [6.07, 6.45) is 4.61. The van der Waals surface area contributed by atoms with E-state index < -0.39 is 0 Å². The van der Waals surface area contributed by atoms with Crippen molar-refractivity contribution in [3.8, 4) is 22.9 Å². The Kier molecular flexibility index (Phi) is 3.84. The van der Waals surface area contributed by atoms with E-state index >= 15 is 0 Å². The van der Waals surface area contributed by atoms with Gasteiger partial charge in [-0.3, -0.25) is 9.36 Å². The molecule has 6 heteroatoms. The maximum absolute atomic E-state index is 12.7. The topological polar surface area (TPSA) is 61.9 Å². The summed E-state index contributed by atoms with van der Waals surface area (Å²) in [6, 6.07) is 20.4. The lowest BCUT2D eigenvalue weighted by molar-refractivity contribution is 0.482. The number of hydrogen-bond donors (Lipinski definition) is 0. The van der Waals surface area contributed by atoms with Gasteiger partial charge in [0.2, 0.25) is 0 Å². The third-order valence-electron chi connectivity index (χ3n) is 3.69. The molecule has 0 atom stereocenters. The van der Waals surface area contributed by atoms with Gasteiger partial charge in [-0.25, -0.2) is 9.67 Å². The first-order valence-electron chi connectivity index (χ1n) is 7.71. The molecule has 122 valence electrons. The maximum atomic E-state index is 12.7. The van der Waals surface area contributed by atoms with E-state index in [1.165, 1.54) is 17.3 Å². The predicted octanol–water partition coefficient (Wildman–Crippen LogP) is 3.21. The molecule has 0 fully saturated rings. The fourth-order valence-corrected chi connectivity index (χ4v) is 2.49. The fraction of sp³-hybridized carbons (Fsp3) is 0. The van der Waals surface area contributed by atoms with Crippen LogP contribution in [-0.4, -0.2) is 19.3 Å². The van der Waals surface area contributed by atoms with Crippen molar-refractivity contribution in [1.82, 2.24) is 19.3 Å². The van der Waals surface area contributed by atoms with Crippen molar-refractivity contribution in [2.45, 2.75) is 0 Å². The largest absolute Gasteiger partial charge is 0.457 e. The molecular formula is C19H14N4O2. The molecule has 6 nitrogen and oxygen atoms in total. The van der Waals surface area contributed by atoms with Crippen LogP contribution in [0.1, 0.15) is 0 Å². The highest BCUT2D eigenvalue weighted by Crippen LogP contribution is 2.22. The zero-order chi connectivity index (χ0) is 17.1. The summed E-state index contributed by atoms with van der Waals surface area (Å²) in [5, 5.41) is 4.02. The number of ether oxygens (including phenoxy) is 1. The minimum Gasteiger partial charge on any atom is -0.457 e. The minimum absolute atomic E-state index is 0.176. The van der Waals surface area contributed by atoms with E-state index in [1.54, 1.807) is 22.9 Å². The van der Waals surface area contributed by atoms with Gasteiger partial charge in [0.1, 0.15) is 29.8 Å². The zero-order valence-electron chi connectivity index (χ0n) is 13.2. The number of pyridine rings is 1. The summed E-state index contributed by atoms with van der Waals surface area (Å²) in [7, 11) is 0. The summed E-state index contributed by atoms with van der Waals surface area (Å²) in [4.78, 5) is 16.6. The third kappa shape index (κ3) is 3.05. The number of para-hydroxylation sites is 1. The molecule has 0 aliphatic heterocycles. The lowest BCUT2D eigenvalue weighted by Crippen LogP contribution is -2.22. The predicted molar refractivity (Wildman–Crippen MR) is 93.5 cm³/mol. The zero-order valence-corrected chi connectivity index (χ0v) is 13.2. The normalized spacial score (nSPS) is 10.6. The van der Waals surface area contributed by atoms with Crippen LogP contribution in [0.4, 0.5) is 0 Å². The first kappa shape index (κ1) is 14.9. The molecule has 0 bridgehead atoms. The average Bonchev–Trinajstić information content (AvgIpc) is 3.18. The van der Waals surface area contributed by atoms with Gasteiger partial charge < -0.3 is 4.74 Å². The molecule has 4 aromatic rings. The van der Waals surface area contributed by atoms with Crippen LogP contribution in [0.3, 0.4) is 0 Å². The Morgan fingerprint density at radius 2 is 1.60 bits per heavy atom. The molecule has 0 saturated heterocycles. The Bertz CT molecular complexity index is 1020. The summed E-state index contributed by atoms with van der Waals surface area (Å²) >= 11 is 0. The van der Waals surface area contributed by atoms with E-state index in [-0.39, 0.29) is 5.56 Å². The van der Waals surface area contributed by atoms with Gasteiger partial charge in [-0.2, -0.15) is 5.10 Å². The molecular weight excluding hydrogens is 316 g/mol. The van der Waals surface area contributed by atoms with E-state index in [0.717, 1.165) is 11.4 Å². The van der Waals surface area contributed by atoms with E-state index in [1.807, 2.05) is 54.6 Å². The molecule has 0 saturated carbocycles. The van der Waals surface area contributed by atoms with Gasteiger partial charge in [0.25, 0.3) is 5.56 Å². The van der Waals surface area contributed by atoms with Crippen LogP contribution in [-0.2, 0) is 0 Å². The molecule has 0 aliphatic carbocycles. The van der Waals surface area contributed by atoms with Crippen molar-refractivity contribution in [3.05, 3.63) is 95.9 Å². The summed E-state index contributed by atoms with van der Waals surface area (Å²) in [5.41, 5.74) is 1.00. The second kappa shape index (κ2) is 6.45. The lowest BCUT2D eigenvalue weighted by Gasteiger charge is -2.10. The van der Waals surface area contributed by atoms with Gasteiger partial charge >= 0.3 is 0 Å². The third-order valence-corrected chi connectivity index (χ3v) is 3.69. The minimum atomic E-state index is -0.176. The van der Waals surface area contributed by atoms with Gasteiger partial charge in [-0.15, -0.1) is 0 Å². The number of rotatable bonds is 4. The van der Waals surface area contributed by atoms with E-state index in [0.29, 0.717) is 11.4 Å². The molecule has 0 amide bonds. The van der Waals surface area contributed by atoms with Crippen LogP contribution in [0.5, 0.6) is 11.5 Å². The van der Waals surface area contributed by atoms with Crippen molar-refractivity contribution in [1.29, 1.82) is 0 Å². The maximum Gasteiger partial charge on any atom is 0.281 e. The fourth-order valence-electron chi connectivity index (χ4n) is 2.49. The molecule has 25 heavy (non-hydrogen) atoms. The Balaban J connectivity index is 1.65. The van der Waals surface area contributed by atoms with Gasteiger partial charge in [0.05, 0.1) is 0 Å². The highest BCUT2D eigenvalue weighted by Gasteiger charge is 2.07. The van der Waals surface area contributed by atoms with E-state index in [2.05, 4.69) is 10.1 Å². The monoisotopic (exact) mass is 330 g/mol. The quantitative estimate of drug-likeness (QED) is 0.576. The van der Waals surface area contributed by atoms with Gasteiger partial charge in [0.15, 0.2) is 0 Å². The van der Waals surface area contributed by atoms with Crippen LogP contribution in [0.25, 0.3) is 11.4 Å². The smallest absolute Gasteiger partial charge is 0.281 e. The Hall–Kier alpha value is -3.67. The second-order valence-corrected chi connectivity index (χ2v) is 5.32. The summed E-state index contributed by atoms with van der Waals surface area (Å²) in [6.45, 7) is 0. The van der Waals surface area contributed by atoms with Crippen molar-refractivity contribution >= 4 is 0 Å². The van der Waals surface area contributed by atoms with Crippen molar-refractivity contribution in [3.63, 3.8) is 0 Å². The average molecular weight is 330 g/mol. The molecule has 2 aromatic heterocycles. The molecule has 2 aromatic carbocycles. The molecule has 2 heterocycles. The molecule has 0 aliphatic rings. The number of benzene rings is 2. The summed E-state index contributed by atoms with van der Waals surface area (Å²) in [5.74, 6) is 1.47. The van der Waals surface area contributed by atoms with Gasteiger partial charge in [0, 0.05) is 11.9 Å². The second-order valence-electron chi connectivity index (χ2n) is 5.32. The standard InChI is InChI=1S/C19H14N4O2/c24-19-18(23-14-20-13-21-23)7-4-12-22(19)15-8-10-17(11-9-15)25-16-5-2-1-3-6-16/h1-14H. The lowest BCUT2D eigenvalue weighted by atomic mass is 10.2. The van der Waals surface area contributed by atoms with Crippen LogP contribution in [0, 0.1) is 0 Å². The highest BCUT2D eigenvalue weighted by molar-refractivity contribution is 5.41. The van der Waals surface area contributed by atoms with Crippen molar-refractivity contribution in [2.75, 3.05) is 0 Å². The molecule has 0 unspecified atom stereocenters. The number of aromatic nitrogens is 4. The van der Waals surface area contributed by atoms with Gasteiger partial charge in [-0.05, 0) is 48.5 Å². The van der Waals surface area contributed by atoms with E-state index in [9.17, 15) is 4.79 Å². The molecule has 0 spiro atoms. The molecule has 0 radical (unpaired) electrons. The van der Waals surface area contributed by atoms with Crippen LogP contribution in [0.2, 0.25) is 0 Å². The highest BCUT2D eigenvalue weighted by atomic mass is 16.5. The van der Waals surface area contributed by atoms with Crippen LogP contribution in [0.15, 0.2) is 90.4 Å². The Morgan fingerprint density at radius 3 is 2.32 bits per heavy atom. The van der Waals surface area contributed by atoms with E-state index in [4.69, 9.17) is 4.74 Å². The number of hydrogen-bond acceptors (Lipinski definition) is 4.